The maximum absolute atomic E-state index is 8.94. The molecule has 0 bridgehead atoms. The van der Waals surface area contributed by atoms with Gasteiger partial charge in [-0.2, -0.15) is 5.26 Å². The van der Waals surface area contributed by atoms with Gasteiger partial charge in [0.25, 0.3) is 0 Å². The summed E-state index contributed by atoms with van der Waals surface area (Å²) in [7, 11) is 0. The lowest BCUT2D eigenvalue weighted by molar-refractivity contribution is 0.306. The van der Waals surface area contributed by atoms with Gasteiger partial charge in [0.15, 0.2) is 0 Å². The Hall–Kier alpha value is -2.41. The Balaban J connectivity index is 1.98. The molecule has 0 aliphatic carbocycles. The minimum atomic E-state index is 0.397. The number of ether oxygens (including phenoxy) is 1. The van der Waals surface area contributed by atoms with Crippen LogP contribution in [0.4, 0.5) is 0 Å². The first-order valence-corrected chi connectivity index (χ1v) is 5.70. The molecule has 2 aromatic heterocycles. The molecule has 90 valence electrons. The third-order valence-electron chi connectivity index (χ3n) is 2.44. The van der Waals surface area contributed by atoms with Crippen LogP contribution in [0.2, 0.25) is 0 Å². The van der Waals surface area contributed by atoms with Gasteiger partial charge in [0, 0.05) is 24.0 Å². The van der Waals surface area contributed by atoms with Gasteiger partial charge in [0.2, 0.25) is 5.88 Å². The second-order valence-corrected chi connectivity index (χ2v) is 3.84. The molecule has 0 atom stereocenters. The first-order valence-electron chi connectivity index (χ1n) is 5.70. The van der Waals surface area contributed by atoms with Crippen LogP contribution in [0.5, 0.6) is 5.88 Å². The highest BCUT2D eigenvalue weighted by molar-refractivity contribution is 5.38. The number of rotatable bonds is 4. The molecule has 4 heteroatoms. The van der Waals surface area contributed by atoms with E-state index in [0.29, 0.717) is 24.5 Å². The molecule has 0 N–H and O–H groups in total. The largest absolute Gasteiger partial charge is 0.476 e. The molecule has 2 heterocycles. The topological polar surface area (TPSA) is 58.8 Å². The molecule has 4 nitrogen and oxygen atoms in total. The molecule has 2 aromatic rings. The van der Waals surface area contributed by atoms with Crippen molar-refractivity contribution >= 4 is 0 Å². The van der Waals surface area contributed by atoms with Gasteiger partial charge in [-0.05, 0) is 31.2 Å². The van der Waals surface area contributed by atoms with E-state index < -0.39 is 0 Å². The zero-order chi connectivity index (χ0) is 12.8. The second kappa shape index (κ2) is 5.78. The van der Waals surface area contributed by atoms with Crippen molar-refractivity contribution in [1.82, 2.24) is 9.97 Å². The van der Waals surface area contributed by atoms with Gasteiger partial charge in [-0.25, -0.2) is 4.98 Å². The van der Waals surface area contributed by atoms with E-state index in [1.165, 1.54) is 0 Å². The predicted octanol–water partition coefficient (Wildman–Crippen LogP) is 2.28. The number of nitriles is 1. The third-order valence-corrected chi connectivity index (χ3v) is 2.44. The summed E-state index contributed by atoms with van der Waals surface area (Å²) in [5.41, 5.74) is 2.26. The summed E-state index contributed by atoms with van der Waals surface area (Å²) in [5.74, 6) is 0.397. The van der Waals surface area contributed by atoms with Gasteiger partial charge in [-0.3, -0.25) is 4.98 Å². The van der Waals surface area contributed by atoms with Crippen molar-refractivity contribution in [3.05, 3.63) is 53.5 Å². The van der Waals surface area contributed by atoms with Crippen LogP contribution in [-0.4, -0.2) is 16.6 Å². The van der Waals surface area contributed by atoms with Crippen LogP contribution in [0.1, 0.15) is 17.0 Å². The maximum Gasteiger partial charge on any atom is 0.231 e. The molecule has 0 saturated heterocycles. The quantitative estimate of drug-likeness (QED) is 0.821. The number of pyridine rings is 2. The van der Waals surface area contributed by atoms with E-state index in [4.69, 9.17) is 10.00 Å². The molecule has 0 saturated carbocycles. The zero-order valence-corrected chi connectivity index (χ0v) is 10.1. The third kappa shape index (κ3) is 3.05. The van der Waals surface area contributed by atoms with E-state index in [2.05, 4.69) is 16.0 Å². The van der Waals surface area contributed by atoms with Crippen LogP contribution < -0.4 is 4.74 Å². The Morgan fingerprint density at radius 1 is 1.28 bits per heavy atom. The molecule has 0 aliphatic rings. The highest BCUT2D eigenvalue weighted by atomic mass is 16.5. The summed E-state index contributed by atoms with van der Waals surface area (Å²) < 4.78 is 5.54. The van der Waals surface area contributed by atoms with Gasteiger partial charge in [-0.1, -0.05) is 6.07 Å². The average Bonchev–Trinajstić information content (AvgIpc) is 2.40. The van der Waals surface area contributed by atoms with Gasteiger partial charge in [0.05, 0.1) is 6.61 Å². The summed E-state index contributed by atoms with van der Waals surface area (Å²) in [4.78, 5) is 8.41. The van der Waals surface area contributed by atoms with E-state index in [9.17, 15) is 0 Å². The Labute approximate surface area is 106 Å². The highest BCUT2D eigenvalue weighted by Gasteiger charge is 2.05. The van der Waals surface area contributed by atoms with Crippen molar-refractivity contribution in [3.8, 4) is 11.9 Å². The van der Waals surface area contributed by atoms with Crippen molar-refractivity contribution in [1.29, 1.82) is 5.26 Å². The SMILES string of the molecule is Cc1ccc(C#N)c(OCCc2ccccn2)n1. The summed E-state index contributed by atoms with van der Waals surface area (Å²) in [6.07, 6.45) is 2.45. The van der Waals surface area contributed by atoms with Crippen LogP contribution in [0, 0.1) is 18.3 Å². The lowest BCUT2D eigenvalue weighted by Gasteiger charge is -2.07. The molecule has 0 amide bonds. The lowest BCUT2D eigenvalue weighted by Crippen LogP contribution is -2.05. The van der Waals surface area contributed by atoms with Crippen LogP contribution in [0.3, 0.4) is 0 Å². The molecule has 0 aliphatic heterocycles. The van der Waals surface area contributed by atoms with Crippen molar-refractivity contribution in [2.45, 2.75) is 13.3 Å². The minimum Gasteiger partial charge on any atom is -0.476 e. The predicted molar refractivity (Wildman–Crippen MR) is 67.1 cm³/mol. The number of aromatic nitrogens is 2. The van der Waals surface area contributed by atoms with Crippen molar-refractivity contribution in [3.63, 3.8) is 0 Å². The highest BCUT2D eigenvalue weighted by Crippen LogP contribution is 2.15. The van der Waals surface area contributed by atoms with E-state index in [0.717, 1.165) is 11.4 Å². The molecule has 2 rings (SSSR count). The minimum absolute atomic E-state index is 0.397. The van der Waals surface area contributed by atoms with E-state index >= 15 is 0 Å². The van der Waals surface area contributed by atoms with E-state index in [-0.39, 0.29) is 0 Å². The standard InChI is InChI=1S/C14H13N3O/c1-11-5-6-12(10-15)14(17-11)18-9-7-13-4-2-3-8-16-13/h2-6,8H,7,9H2,1H3. The molecule has 0 radical (unpaired) electrons. The fraction of sp³-hybridized carbons (Fsp3) is 0.214. The van der Waals surface area contributed by atoms with Gasteiger partial charge in [-0.15, -0.1) is 0 Å². The van der Waals surface area contributed by atoms with Crippen LogP contribution in [0.15, 0.2) is 36.5 Å². The van der Waals surface area contributed by atoms with Crippen molar-refractivity contribution in [2.75, 3.05) is 6.61 Å². The second-order valence-electron chi connectivity index (χ2n) is 3.84. The summed E-state index contributed by atoms with van der Waals surface area (Å²) >= 11 is 0. The fourth-order valence-corrected chi connectivity index (χ4v) is 1.53. The van der Waals surface area contributed by atoms with Crippen molar-refractivity contribution < 1.29 is 4.74 Å². The smallest absolute Gasteiger partial charge is 0.231 e. The van der Waals surface area contributed by atoms with E-state index in [1.807, 2.05) is 25.1 Å². The average molecular weight is 239 g/mol. The molecular formula is C14H13N3O. The Kier molecular flexibility index (Phi) is 3.87. The zero-order valence-electron chi connectivity index (χ0n) is 10.1. The Morgan fingerprint density at radius 2 is 2.17 bits per heavy atom. The van der Waals surface area contributed by atoms with E-state index in [1.54, 1.807) is 18.3 Å². The Bertz CT molecular complexity index is 561. The summed E-state index contributed by atoms with van der Waals surface area (Å²) in [5, 5.41) is 8.94. The number of aryl methyl sites for hydroxylation is 1. The molecule has 18 heavy (non-hydrogen) atoms. The Morgan fingerprint density at radius 3 is 2.89 bits per heavy atom. The fourth-order valence-electron chi connectivity index (χ4n) is 1.53. The number of hydrogen-bond acceptors (Lipinski definition) is 4. The monoisotopic (exact) mass is 239 g/mol. The molecule has 0 aromatic carbocycles. The van der Waals surface area contributed by atoms with Gasteiger partial charge in [0.1, 0.15) is 11.6 Å². The van der Waals surface area contributed by atoms with Crippen molar-refractivity contribution in [2.24, 2.45) is 0 Å². The number of nitrogens with zero attached hydrogens (tertiary/aromatic N) is 3. The molecule has 0 fully saturated rings. The first-order chi connectivity index (χ1) is 8.79. The lowest BCUT2D eigenvalue weighted by atomic mass is 10.2. The van der Waals surface area contributed by atoms with Gasteiger partial charge < -0.3 is 4.74 Å². The number of hydrogen-bond donors (Lipinski definition) is 0. The molecule has 0 spiro atoms. The normalized spacial score (nSPS) is 9.78. The molecular weight excluding hydrogens is 226 g/mol. The van der Waals surface area contributed by atoms with Crippen LogP contribution in [0.25, 0.3) is 0 Å². The summed E-state index contributed by atoms with van der Waals surface area (Å²) in [6, 6.07) is 11.3. The van der Waals surface area contributed by atoms with Crippen LogP contribution in [-0.2, 0) is 6.42 Å². The van der Waals surface area contributed by atoms with Gasteiger partial charge >= 0.3 is 0 Å². The maximum atomic E-state index is 8.94. The van der Waals surface area contributed by atoms with Crippen LogP contribution >= 0.6 is 0 Å². The molecule has 0 unspecified atom stereocenters. The first kappa shape index (κ1) is 12.1. The summed E-state index contributed by atoms with van der Waals surface area (Å²) in [6.45, 7) is 2.33.